The Morgan fingerprint density at radius 2 is 1.70 bits per heavy atom. The second kappa shape index (κ2) is 8.50. The minimum absolute atomic E-state index is 0.310. The molecular weight excluding hydrogens is 366 g/mol. The molecule has 7 nitrogen and oxygen atoms in total. The summed E-state index contributed by atoms with van der Waals surface area (Å²) in [6.45, 7) is 1.67. The van der Waals surface area contributed by atoms with Gasteiger partial charge >= 0.3 is 0 Å². The average Bonchev–Trinajstić information content (AvgIpc) is 3.16. The van der Waals surface area contributed by atoms with Crippen molar-refractivity contribution in [3.8, 4) is 27.8 Å². The average molecular weight is 385 g/mol. The molecule has 1 N–H and O–H groups in total. The maximum atomic E-state index is 12.4. The molecule has 0 saturated heterocycles. The number of benzene rings is 2. The Hall–Kier alpha value is -3.13. The lowest BCUT2D eigenvalue weighted by atomic mass is 10.2. The molecule has 27 heavy (non-hydrogen) atoms. The highest BCUT2D eigenvalue weighted by atomic mass is 32.1. The largest absolute Gasteiger partial charge is 0.497 e. The Kier molecular flexibility index (Phi) is 5.87. The molecule has 1 aromatic heterocycles. The van der Waals surface area contributed by atoms with Gasteiger partial charge in [0.1, 0.15) is 22.3 Å². The first-order valence-electron chi connectivity index (χ1n) is 8.18. The Balaban J connectivity index is 1.62. The van der Waals surface area contributed by atoms with Crippen molar-refractivity contribution >= 4 is 22.4 Å². The lowest BCUT2D eigenvalue weighted by Crippen LogP contribution is -2.30. The molecule has 0 radical (unpaired) electrons. The highest BCUT2D eigenvalue weighted by molar-refractivity contribution is 7.18. The number of carbonyl (C=O) groups is 1. The van der Waals surface area contributed by atoms with E-state index in [4.69, 9.17) is 14.2 Å². The summed E-state index contributed by atoms with van der Waals surface area (Å²) in [6.07, 6.45) is -0.703. The summed E-state index contributed by atoms with van der Waals surface area (Å²) >= 11 is 1.29. The third kappa shape index (κ3) is 4.73. The van der Waals surface area contributed by atoms with E-state index in [-0.39, 0.29) is 5.91 Å². The third-order valence-corrected chi connectivity index (χ3v) is 4.60. The lowest BCUT2D eigenvalue weighted by Gasteiger charge is -2.14. The summed E-state index contributed by atoms with van der Waals surface area (Å²) in [5.41, 5.74) is 0.898. The minimum Gasteiger partial charge on any atom is -0.497 e. The number of ether oxygens (including phenoxy) is 3. The molecule has 1 amide bonds. The van der Waals surface area contributed by atoms with Gasteiger partial charge in [-0.05, 0) is 43.3 Å². The predicted octanol–water partition coefficient (Wildman–Crippen LogP) is 3.63. The summed E-state index contributed by atoms with van der Waals surface area (Å²) in [6, 6.07) is 14.6. The molecule has 0 saturated carbocycles. The second-order valence-electron chi connectivity index (χ2n) is 5.57. The summed E-state index contributed by atoms with van der Waals surface area (Å²) in [7, 11) is 3.19. The summed E-state index contributed by atoms with van der Waals surface area (Å²) in [5.74, 6) is 1.66. The molecule has 0 aliphatic carbocycles. The SMILES string of the molecule is COc1ccc(-c2nnc(NC(=O)[C@@H](C)Oc3cccc(OC)c3)s2)cc1. The van der Waals surface area contributed by atoms with E-state index in [1.54, 1.807) is 45.4 Å². The van der Waals surface area contributed by atoms with Crippen LogP contribution < -0.4 is 19.5 Å². The summed E-state index contributed by atoms with van der Waals surface area (Å²) < 4.78 is 15.9. The minimum atomic E-state index is -0.703. The van der Waals surface area contributed by atoms with Crippen LogP contribution in [0.2, 0.25) is 0 Å². The standard InChI is InChI=1S/C19H19N3O4S/c1-12(26-16-6-4-5-15(11-16)25-3)17(23)20-19-22-21-18(27-19)13-7-9-14(24-2)10-8-13/h4-12H,1-3H3,(H,20,22,23)/t12-/m1/s1. The van der Waals surface area contributed by atoms with Gasteiger partial charge in [-0.15, -0.1) is 10.2 Å². The molecule has 0 bridgehead atoms. The molecule has 0 aliphatic heterocycles. The van der Waals surface area contributed by atoms with Crippen molar-refractivity contribution < 1.29 is 19.0 Å². The number of nitrogens with one attached hydrogen (secondary N) is 1. The van der Waals surface area contributed by atoms with E-state index in [0.29, 0.717) is 21.6 Å². The topological polar surface area (TPSA) is 82.6 Å². The van der Waals surface area contributed by atoms with Gasteiger partial charge in [0.2, 0.25) is 5.13 Å². The Morgan fingerprint density at radius 1 is 1.00 bits per heavy atom. The number of rotatable bonds is 7. The zero-order valence-electron chi connectivity index (χ0n) is 15.1. The van der Waals surface area contributed by atoms with Gasteiger partial charge in [0.15, 0.2) is 6.10 Å². The van der Waals surface area contributed by atoms with Crippen molar-refractivity contribution in [2.45, 2.75) is 13.0 Å². The Bertz CT molecular complexity index is 911. The molecule has 3 rings (SSSR count). The van der Waals surface area contributed by atoms with Gasteiger partial charge in [0.25, 0.3) is 5.91 Å². The molecule has 3 aromatic rings. The van der Waals surface area contributed by atoms with Crippen LogP contribution in [0.1, 0.15) is 6.92 Å². The van der Waals surface area contributed by atoms with Gasteiger partial charge < -0.3 is 14.2 Å². The van der Waals surface area contributed by atoms with E-state index < -0.39 is 6.10 Å². The number of aromatic nitrogens is 2. The first-order chi connectivity index (χ1) is 13.1. The zero-order valence-corrected chi connectivity index (χ0v) is 15.9. The highest BCUT2D eigenvalue weighted by Gasteiger charge is 2.17. The van der Waals surface area contributed by atoms with Gasteiger partial charge in [-0.1, -0.05) is 17.4 Å². The second-order valence-corrected chi connectivity index (χ2v) is 6.55. The molecule has 2 aromatic carbocycles. The maximum Gasteiger partial charge on any atom is 0.266 e. The van der Waals surface area contributed by atoms with E-state index in [1.165, 1.54) is 11.3 Å². The van der Waals surface area contributed by atoms with Gasteiger partial charge in [0, 0.05) is 11.6 Å². The number of hydrogen-bond donors (Lipinski definition) is 1. The fraction of sp³-hybridized carbons (Fsp3) is 0.211. The normalized spacial score (nSPS) is 11.5. The van der Waals surface area contributed by atoms with E-state index in [9.17, 15) is 4.79 Å². The first-order valence-corrected chi connectivity index (χ1v) is 9.00. The molecule has 0 aliphatic rings. The summed E-state index contributed by atoms with van der Waals surface area (Å²) in [5, 5.41) is 12.0. The molecule has 1 heterocycles. The molecular formula is C19H19N3O4S. The Morgan fingerprint density at radius 3 is 2.41 bits per heavy atom. The maximum absolute atomic E-state index is 12.4. The van der Waals surface area contributed by atoms with Gasteiger partial charge in [-0.2, -0.15) is 0 Å². The molecule has 8 heteroatoms. The predicted molar refractivity (Wildman–Crippen MR) is 104 cm³/mol. The number of amides is 1. The quantitative estimate of drug-likeness (QED) is 0.669. The van der Waals surface area contributed by atoms with Crippen LogP contribution in [0.4, 0.5) is 5.13 Å². The fourth-order valence-electron chi connectivity index (χ4n) is 2.26. The van der Waals surface area contributed by atoms with E-state index >= 15 is 0 Å². The molecule has 0 unspecified atom stereocenters. The van der Waals surface area contributed by atoms with Gasteiger partial charge in [0.05, 0.1) is 14.2 Å². The zero-order chi connectivity index (χ0) is 19.2. The van der Waals surface area contributed by atoms with Gasteiger partial charge in [-0.3, -0.25) is 10.1 Å². The van der Waals surface area contributed by atoms with Crippen LogP contribution in [-0.4, -0.2) is 36.4 Å². The van der Waals surface area contributed by atoms with Crippen LogP contribution in [-0.2, 0) is 4.79 Å². The number of hydrogen-bond acceptors (Lipinski definition) is 7. The van der Waals surface area contributed by atoms with Crippen molar-refractivity contribution in [2.24, 2.45) is 0 Å². The van der Waals surface area contributed by atoms with Crippen molar-refractivity contribution in [1.82, 2.24) is 10.2 Å². The van der Waals surface area contributed by atoms with E-state index in [1.807, 2.05) is 24.3 Å². The van der Waals surface area contributed by atoms with Crippen molar-refractivity contribution in [3.63, 3.8) is 0 Å². The monoisotopic (exact) mass is 385 g/mol. The van der Waals surface area contributed by atoms with Crippen LogP contribution in [0.15, 0.2) is 48.5 Å². The van der Waals surface area contributed by atoms with Gasteiger partial charge in [-0.25, -0.2) is 0 Å². The Labute approximate surface area is 160 Å². The van der Waals surface area contributed by atoms with Crippen LogP contribution >= 0.6 is 11.3 Å². The smallest absolute Gasteiger partial charge is 0.266 e. The third-order valence-electron chi connectivity index (χ3n) is 3.72. The molecule has 1 atom stereocenters. The lowest BCUT2D eigenvalue weighted by molar-refractivity contribution is -0.122. The van der Waals surface area contributed by atoms with Crippen molar-refractivity contribution in [1.29, 1.82) is 0 Å². The number of methoxy groups -OCH3 is 2. The van der Waals surface area contributed by atoms with Crippen molar-refractivity contribution in [3.05, 3.63) is 48.5 Å². The molecule has 0 spiro atoms. The number of nitrogens with zero attached hydrogens (tertiary/aromatic N) is 2. The molecule has 140 valence electrons. The summed E-state index contributed by atoms with van der Waals surface area (Å²) in [4.78, 5) is 12.4. The number of carbonyl (C=O) groups excluding carboxylic acids is 1. The first kappa shape index (κ1) is 18.7. The number of anilines is 1. The van der Waals surface area contributed by atoms with Crippen LogP contribution in [0.5, 0.6) is 17.2 Å². The molecule has 0 fully saturated rings. The van der Waals surface area contributed by atoms with Crippen LogP contribution in [0.25, 0.3) is 10.6 Å². The van der Waals surface area contributed by atoms with E-state index in [2.05, 4.69) is 15.5 Å². The van der Waals surface area contributed by atoms with Crippen LogP contribution in [0, 0.1) is 0 Å². The van der Waals surface area contributed by atoms with Crippen LogP contribution in [0.3, 0.4) is 0 Å². The van der Waals surface area contributed by atoms with E-state index in [0.717, 1.165) is 11.3 Å². The fourth-order valence-corrected chi connectivity index (χ4v) is 3.02. The highest BCUT2D eigenvalue weighted by Crippen LogP contribution is 2.28. The van der Waals surface area contributed by atoms with Crippen molar-refractivity contribution in [2.75, 3.05) is 19.5 Å².